The number of hydrogen-bond donors (Lipinski definition) is 2. The number of hydroxylamine groups is 1. The summed E-state index contributed by atoms with van der Waals surface area (Å²) in [5.74, 6) is 1.16. The molecule has 0 atom stereocenters. The molecule has 2 aliphatic rings. The zero-order valence-corrected chi connectivity index (χ0v) is 21.9. The summed E-state index contributed by atoms with van der Waals surface area (Å²) < 4.78 is 41.9. The Labute approximate surface area is 218 Å². The fraction of sp³-hybridized carbons (Fsp3) is 0.480. The molecule has 11 heteroatoms. The second-order valence-corrected chi connectivity index (χ2v) is 11.2. The number of carbonyl (C=O) groups excluding carboxylic acids is 1. The number of halogens is 1. The molecule has 1 saturated heterocycles. The molecule has 1 heterocycles. The van der Waals surface area contributed by atoms with Crippen LogP contribution in [0.2, 0.25) is 0 Å². The summed E-state index contributed by atoms with van der Waals surface area (Å²) in [4.78, 5) is 14.9. The summed E-state index contributed by atoms with van der Waals surface area (Å²) in [6.45, 7) is 1.89. The predicted octanol–water partition coefficient (Wildman–Crippen LogP) is 3.24. The highest BCUT2D eigenvalue weighted by molar-refractivity contribution is 7.93. The van der Waals surface area contributed by atoms with Crippen LogP contribution in [0.25, 0.3) is 0 Å². The van der Waals surface area contributed by atoms with Crippen LogP contribution in [0.15, 0.2) is 53.4 Å². The maximum absolute atomic E-state index is 13.5. The van der Waals surface area contributed by atoms with E-state index < -0.39 is 20.5 Å². The third kappa shape index (κ3) is 6.05. The number of nitrogens with zero attached hydrogens (tertiary/aromatic N) is 1. The van der Waals surface area contributed by atoms with Crippen molar-refractivity contribution in [3.05, 3.63) is 48.5 Å². The number of piperidine rings is 1. The number of amides is 1. The number of rotatable bonds is 11. The Morgan fingerprint density at radius 3 is 1.94 bits per heavy atom. The van der Waals surface area contributed by atoms with Gasteiger partial charge in [-0.05, 0) is 74.2 Å². The van der Waals surface area contributed by atoms with Crippen molar-refractivity contribution in [1.29, 1.82) is 0 Å². The van der Waals surface area contributed by atoms with E-state index in [0.717, 1.165) is 24.3 Å². The molecule has 1 aliphatic heterocycles. The second-order valence-electron chi connectivity index (χ2n) is 8.90. The molecule has 198 valence electrons. The highest BCUT2D eigenvalue weighted by atomic mass is 35.5. The van der Waals surface area contributed by atoms with E-state index in [2.05, 4.69) is 4.90 Å². The van der Waals surface area contributed by atoms with Crippen molar-refractivity contribution in [2.75, 3.05) is 33.4 Å². The number of ether oxygens (including phenoxy) is 3. The molecule has 1 amide bonds. The molecule has 1 aliphatic carbocycles. The van der Waals surface area contributed by atoms with Gasteiger partial charge in [-0.2, -0.15) is 0 Å². The first-order chi connectivity index (χ1) is 16.9. The van der Waals surface area contributed by atoms with Gasteiger partial charge in [0.2, 0.25) is 0 Å². The fourth-order valence-corrected chi connectivity index (χ4v) is 6.42. The maximum atomic E-state index is 13.5. The second kappa shape index (κ2) is 12.1. The smallest absolute Gasteiger partial charge is 0.265 e. The lowest BCUT2D eigenvalue weighted by Crippen LogP contribution is -2.58. The van der Waals surface area contributed by atoms with E-state index in [-0.39, 0.29) is 30.1 Å². The van der Waals surface area contributed by atoms with Crippen molar-refractivity contribution >= 4 is 28.2 Å². The number of sulfone groups is 1. The monoisotopic (exact) mass is 540 g/mol. The summed E-state index contributed by atoms with van der Waals surface area (Å²) >= 11 is 0. The van der Waals surface area contributed by atoms with Crippen LogP contribution in [-0.2, 0) is 14.6 Å². The van der Waals surface area contributed by atoms with Crippen LogP contribution in [-0.4, -0.2) is 68.6 Å². The van der Waals surface area contributed by atoms with E-state index in [1.54, 1.807) is 24.7 Å². The first-order valence-electron chi connectivity index (χ1n) is 11.8. The van der Waals surface area contributed by atoms with Crippen LogP contribution in [0.5, 0.6) is 17.2 Å². The minimum absolute atomic E-state index is 0. The van der Waals surface area contributed by atoms with Gasteiger partial charge in [0.1, 0.15) is 17.2 Å². The van der Waals surface area contributed by atoms with Gasteiger partial charge < -0.3 is 19.1 Å². The SMILES string of the molecule is COc1ccc(OCCCOc2ccc(S(=O)(=O)C3(C(=O)NO)CCN(C4CC4)CC3)cc2)cc1.Cl. The number of hydrogen-bond acceptors (Lipinski definition) is 8. The van der Waals surface area contributed by atoms with Crippen LogP contribution < -0.4 is 19.7 Å². The standard InChI is InChI=1S/C25H32N2O7S.ClH/c1-32-20-5-7-21(8-6-20)33-17-2-18-34-22-9-11-23(12-10-22)35(30,31)25(24(28)26-29)13-15-27(16-14-25)19-3-4-19;/h5-12,19,29H,2-4,13-18H2,1H3,(H,26,28);1H. The Balaban J connectivity index is 0.00000361. The minimum Gasteiger partial charge on any atom is -0.497 e. The minimum atomic E-state index is -4.03. The normalized spacial score (nSPS) is 17.5. The first-order valence-corrected chi connectivity index (χ1v) is 13.3. The maximum Gasteiger partial charge on any atom is 0.265 e. The van der Waals surface area contributed by atoms with Crippen LogP contribution >= 0.6 is 12.4 Å². The van der Waals surface area contributed by atoms with E-state index in [4.69, 9.17) is 14.2 Å². The van der Waals surface area contributed by atoms with Crippen molar-refractivity contribution in [3.8, 4) is 17.2 Å². The molecule has 1 saturated carbocycles. The summed E-state index contributed by atoms with van der Waals surface area (Å²) in [5, 5.41) is 9.32. The molecular weight excluding hydrogens is 508 g/mol. The van der Waals surface area contributed by atoms with Gasteiger partial charge in [-0.1, -0.05) is 0 Å². The highest BCUT2D eigenvalue weighted by Gasteiger charge is 2.53. The third-order valence-corrected chi connectivity index (χ3v) is 9.23. The molecule has 0 spiro atoms. The quantitative estimate of drug-likeness (QED) is 0.254. The molecule has 9 nitrogen and oxygen atoms in total. The van der Waals surface area contributed by atoms with Gasteiger partial charge >= 0.3 is 0 Å². The summed E-state index contributed by atoms with van der Waals surface area (Å²) in [5.41, 5.74) is 1.60. The zero-order chi connectivity index (χ0) is 24.9. The summed E-state index contributed by atoms with van der Waals surface area (Å²) in [6.07, 6.45) is 3.15. The number of carbonyl (C=O) groups is 1. The fourth-order valence-electron chi connectivity index (χ4n) is 4.46. The zero-order valence-electron chi connectivity index (χ0n) is 20.2. The van der Waals surface area contributed by atoms with Crippen LogP contribution in [0.1, 0.15) is 32.1 Å². The Kier molecular flexibility index (Phi) is 9.46. The molecule has 2 aromatic carbocycles. The first kappa shape index (κ1) is 28.0. The number of nitrogens with one attached hydrogen (secondary N) is 1. The molecule has 36 heavy (non-hydrogen) atoms. The summed E-state index contributed by atoms with van der Waals surface area (Å²) in [7, 11) is -2.42. The predicted molar refractivity (Wildman–Crippen MR) is 136 cm³/mol. The molecule has 4 rings (SSSR count). The average Bonchev–Trinajstić information content (AvgIpc) is 3.74. The van der Waals surface area contributed by atoms with Gasteiger partial charge in [0.15, 0.2) is 14.6 Å². The van der Waals surface area contributed by atoms with Crippen molar-refractivity contribution in [2.45, 2.75) is 47.8 Å². The lowest BCUT2D eigenvalue weighted by atomic mass is 9.94. The average molecular weight is 541 g/mol. The number of likely N-dealkylation sites (tertiary alicyclic amines) is 1. The number of methoxy groups -OCH3 is 1. The third-order valence-electron chi connectivity index (χ3n) is 6.72. The molecule has 0 aromatic heterocycles. The van der Waals surface area contributed by atoms with Gasteiger partial charge in [-0.3, -0.25) is 10.0 Å². The van der Waals surface area contributed by atoms with Crippen LogP contribution in [0.4, 0.5) is 0 Å². The molecule has 0 radical (unpaired) electrons. The largest absolute Gasteiger partial charge is 0.497 e. The van der Waals surface area contributed by atoms with Gasteiger partial charge in [0.05, 0.1) is 25.2 Å². The molecule has 0 unspecified atom stereocenters. The Morgan fingerprint density at radius 1 is 0.972 bits per heavy atom. The van der Waals surface area contributed by atoms with E-state index >= 15 is 0 Å². The number of benzene rings is 2. The molecule has 2 N–H and O–H groups in total. The molecular formula is C25H33ClN2O7S. The molecule has 0 bridgehead atoms. The van der Waals surface area contributed by atoms with Crippen LogP contribution in [0, 0.1) is 0 Å². The molecule has 2 fully saturated rings. The topological polar surface area (TPSA) is 114 Å². The van der Waals surface area contributed by atoms with E-state index in [1.807, 2.05) is 24.3 Å². The van der Waals surface area contributed by atoms with Crippen molar-refractivity contribution in [3.63, 3.8) is 0 Å². The van der Waals surface area contributed by atoms with Crippen molar-refractivity contribution in [2.24, 2.45) is 0 Å². The lowest BCUT2D eigenvalue weighted by Gasteiger charge is -2.39. The van der Waals surface area contributed by atoms with Gasteiger partial charge in [-0.15, -0.1) is 12.4 Å². The Bertz CT molecular complexity index is 1100. The lowest BCUT2D eigenvalue weighted by molar-refractivity contribution is -0.133. The van der Waals surface area contributed by atoms with Crippen molar-refractivity contribution < 1.29 is 32.6 Å². The summed E-state index contributed by atoms with van der Waals surface area (Å²) in [6, 6.07) is 13.9. The molecule has 2 aromatic rings. The van der Waals surface area contributed by atoms with E-state index in [9.17, 15) is 18.4 Å². The van der Waals surface area contributed by atoms with Gasteiger partial charge in [0.25, 0.3) is 5.91 Å². The van der Waals surface area contributed by atoms with Crippen molar-refractivity contribution in [1.82, 2.24) is 10.4 Å². The van der Waals surface area contributed by atoms with Gasteiger partial charge in [-0.25, -0.2) is 13.9 Å². The Morgan fingerprint density at radius 2 is 1.47 bits per heavy atom. The van der Waals surface area contributed by atoms with Crippen LogP contribution in [0.3, 0.4) is 0 Å². The van der Waals surface area contributed by atoms with E-state index in [0.29, 0.717) is 44.5 Å². The Hall–Kier alpha value is -2.53. The van der Waals surface area contributed by atoms with Gasteiger partial charge in [0, 0.05) is 25.6 Å². The van der Waals surface area contributed by atoms with E-state index in [1.165, 1.54) is 12.1 Å². The highest BCUT2D eigenvalue weighted by Crippen LogP contribution is 2.39.